The van der Waals surface area contributed by atoms with E-state index in [0.29, 0.717) is 5.78 Å². The van der Waals surface area contributed by atoms with Gasteiger partial charge in [0.15, 0.2) is 5.78 Å². The molecule has 0 unspecified atom stereocenters. The highest BCUT2D eigenvalue weighted by Crippen LogP contribution is 2.61. The van der Waals surface area contributed by atoms with Gasteiger partial charge in [-0.25, -0.2) is 0 Å². The lowest BCUT2D eigenvalue weighted by atomic mass is 9.48. The fraction of sp³-hybridized carbons (Fsp3) is 0.650. The predicted molar refractivity (Wildman–Crippen MR) is 85.6 cm³/mol. The first kappa shape index (κ1) is 13.5. The van der Waals surface area contributed by atoms with Crippen LogP contribution < -0.4 is 0 Å². The zero-order valence-corrected chi connectivity index (χ0v) is 13.5. The summed E-state index contributed by atoms with van der Waals surface area (Å²) in [7, 11) is 0. The van der Waals surface area contributed by atoms with E-state index in [0.717, 1.165) is 23.3 Å². The Morgan fingerprint density at radius 3 is 1.86 bits per heavy atom. The third-order valence-electron chi connectivity index (χ3n) is 6.61. The molecule has 1 heteroatoms. The van der Waals surface area contributed by atoms with Crippen molar-refractivity contribution in [1.29, 1.82) is 0 Å². The van der Waals surface area contributed by atoms with Crippen molar-refractivity contribution in [3.8, 4) is 0 Å². The third-order valence-corrected chi connectivity index (χ3v) is 6.61. The van der Waals surface area contributed by atoms with Gasteiger partial charge in [0.05, 0.1) is 0 Å². The molecular formula is C20H26O. The largest absolute Gasteiger partial charge is 0.294 e. The molecule has 4 bridgehead atoms. The van der Waals surface area contributed by atoms with Crippen molar-refractivity contribution >= 4 is 5.78 Å². The smallest absolute Gasteiger partial charge is 0.169 e. The van der Waals surface area contributed by atoms with Crippen molar-refractivity contribution < 1.29 is 4.79 Å². The van der Waals surface area contributed by atoms with E-state index >= 15 is 0 Å². The van der Waals surface area contributed by atoms with E-state index < -0.39 is 0 Å². The Labute approximate surface area is 128 Å². The Morgan fingerprint density at radius 1 is 0.857 bits per heavy atom. The van der Waals surface area contributed by atoms with Crippen molar-refractivity contribution in [2.24, 2.45) is 23.2 Å². The highest BCUT2D eigenvalue weighted by molar-refractivity contribution is 6.02. The predicted octanol–water partition coefficient (Wildman–Crippen LogP) is 5.01. The second kappa shape index (κ2) is 4.44. The van der Waals surface area contributed by atoms with Crippen LogP contribution in [0.3, 0.4) is 0 Å². The lowest BCUT2D eigenvalue weighted by molar-refractivity contribution is -0.0353. The van der Waals surface area contributed by atoms with Crippen LogP contribution in [-0.2, 0) is 0 Å². The molecule has 1 nitrogen and oxygen atoms in total. The molecule has 4 saturated carbocycles. The molecule has 0 aliphatic heterocycles. The number of hydrogen-bond acceptors (Lipinski definition) is 1. The van der Waals surface area contributed by atoms with Gasteiger partial charge in [0.1, 0.15) is 0 Å². The fourth-order valence-corrected chi connectivity index (χ4v) is 5.88. The van der Waals surface area contributed by atoms with Crippen LogP contribution in [0.1, 0.15) is 65.6 Å². The molecule has 1 aromatic rings. The van der Waals surface area contributed by atoms with E-state index in [9.17, 15) is 4.79 Å². The van der Waals surface area contributed by atoms with Gasteiger partial charge in [-0.1, -0.05) is 6.07 Å². The summed E-state index contributed by atoms with van der Waals surface area (Å²) in [4.78, 5) is 13.4. The van der Waals surface area contributed by atoms with Crippen molar-refractivity contribution in [3.63, 3.8) is 0 Å². The van der Waals surface area contributed by atoms with E-state index in [1.807, 2.05) is 0 Å². The first-order valence-corrected chi connectivity index (χ1v) is 8.59. The Bertz CT molecular complexity index is 575. The number of benzene rings is 1. The Morgan fingerprint density at radius 2 is 1.33 bits per heavy atom. The minimum Gasteiger partial charge on any atom is -0.294 e. The quantitative estimate of drug-likeness (QED) is 0.697. The second-order valence-electron chi connectivity index (χ2n) is 8.28. The van der Waals surface area contributed by atoms with E-state index in [-0.39, 0.29) is 5.41 Å². The molecule has 21 heavy (non-hydrogen) atoms. The van der Waals surface area contributed by atoms with Crippen LogP contribution in [0.25, 0.3) is 0 Å². The van der Waals surface area contributed by atoms with Gasteiger partial charge in [0, 0.05) is 11.0 Å². The number of hydrogen-bond donors (Lipinski definition) is 0. The average Bonchev–Trinajstić information content (AvgIpc) is 2.40. The lowest BCUT2D eigenvalue weighted by Gasteiger charge is -2.56. The molecule has 4 aliphatic carbocycles. The summed E-state index contributed by atoms with van der Waals surface area (Å²) < 4.78 is 0. The molecular weight excluding hydrogens is 256 g/mol. The molecule has 0 spiro atoms. The van der Waals surface area contributed by atoms with Crippen molar-refractivity contribution in [1.82, 2.24) is 0 Å². The first-order chi connectivity index (χ1) is 9.97. The molecule has 4 aliphatic rings. The number of rotatable bonds is 2. The molecule has 112 valence electrons. The summed E-state index contributed by atoms with van der Waals surface area (Å²) in [5, 5.41) is 0. The summed E-state index contributed by atoms with van der Waals surface area (Å²) in [6, 6.07) is 4.36. The second-order valence-corrected chi connectivity index (χ2v) is 8.28. The highest BCUT2D eigenvalue weighted by atomic mass is 16.1. The molecule has 0 amide bonds. The fourth-order valence-electron chi connectivity index (χ4n) is 5.88. The van der Waals surface area contributed by atoms with Gasteiger partial charge in [0.2, 0.25) is 0 Å². The molecule has 1 aromatic carbocycles. The van der Waals surface area contributed by atoms with E-state index in [2.05, 4.69) is 32.9 Å². The number of carbonyl (C=O) groups excluding carboxylic acids is 1. The molecule has 0 radical (unpaired) electrons. The SMILES string of the molecule is Cc1cc(C)c(C(=O)C23CC4CC(CC(C4)C2)C3)cc1C. The molecule has 0 N–H and O–H groups in total. The zero-order valence-electron chi connectivity index (χ0n) is 13.5. The molecule has 4 fully saturated rings. The lowest BCUT2D eigenvalue weighted by Crippen LogP contribution is -2.50. The normalized spacial score (nSPS) is 37.0. The summed E-state index contributed by atoms with van der Waals surface area (Å²) >= 11 is 0. The van der Waals surface area contributed by atoms with Crippen LogP contribution >= 0.6 is 0 Å². The van der Waals surface area contributed by atoms with Crippen LogP contribution in [0.15, 0.2) is 12.1 Å². The molecule has 0 atom stereocenters. The maximum absolute atomic E-state index is 13.4. The standard InChI is InChI=1S/C20H26O/c1-12-4-14(3)18(5-13(12)2)19(21)20-9-15-6-16(10-20)8-17(7-15)11-20/h4-5,15-17H,6-11H2,1-3H3. The molecule has 0 aromatic heterocycles. The zero-order chi connectivity index (χ0) is 14.8. The third kappa shape index (κ3) is 2.00. The first-order valence-electron chi connectivity index (χ1n) is 8.59. The van der Waals surface area contributed by atoms with Crippen LogP contribution in [0.2, 0.25) is 0 Å². The van der Waals surface area contributed by atoms with Gasteiger partial charge in [0.25, 0.3) is 0 Å². The van der Waals surface area contributed by atoms with Gasteiger partial charge in [-0.2, -0.15) is 0 Å². The van der Waals surface area contributed by atoms with Crippen LogP contribution in [0.4, 0.5) is 0 Å². The molecule has 0 saturated heterocycles. The van der Waals surface area contributed by atoms with Gasteiger partial charge in [-0.3, -0.25) is 4.79 Å². The van der Waals surface area contributed by atoms with E-state index in [1.165, 1.54) is 55.2 Å². The average molecular weight is 282 g/mol. The topological polar surface area (TPSA) is 17.1 Å². The number of carbonyl (C=O) groups is 1. The minimum absolute atomic E-state index is 0.00120. The van der Waals surface area contributed by atoms with Gasteiger partial charge >= 0.3 is 0 Å². The van der Waals surface area contributed by atoms with Gasteiger partial charge < -0.3 is 0 Å². The summed E-state index contributed by atoms with van der Waals surface area (Å²) in [5.41, 5.74) is 4.75. The van der Waals surface area contributed by atoms with E-state index in [1.54, 1.807) is 0 Å². The Balaban J connectivity index is 1.73. The number of Topliss-reactive ketones (excluding diaryl/α,β-unsaturated/α-hetero) is 1. The molecule has 5 rings (SSSR count). The summed E-state index contributed by atoms with van der Waals surface area (Å²) in [6.45, 7) is 6.38. The van der Waals surface area contributed by atoms with Gasteiger partial charge in [-0.05, 0) is 99.8 Å². The summed E-state index contributed by atoms with van der Waals surface area (Å²) in [6.07, 6.45) is 7.72. The van der Waals surface area contributed by atoms with Crippen molar-refractivity contribution in [2.75, 3.05) is 0 Å². The van der Waals surface area contributed by atoms with Crippen LogP contribution in [0.5, 0.6) is 0 Å². The van der Waals surface area contributed by atoms with E-state index in [4.69, 9.17) is 0 Å². The number of ketones is 1. The Kier molecular flexibility index (Phi) is 2.87. The molecule has 0 heterocycles. The van der Waals surface area contributed by atoms with Crippen molar-refractivity contribution in [3.05, 3.63) is 34.4 Å². The van der Waals surface area contributed by atoms with Crippen LogP contribution in [-0.4, -0.2) is 5.78 Å². The maximum atomic E-state index is 13.4. The highest BCUT2D eigenvalue weighted by Gasteiger charge is 2.54. The monoisotopic (exact) mass is 282 g/mol. The van der Waals surface area contributed by atoms with Crippen molar-refractivity contribution in [2.45, 2.75) is 59.3 Å². The maximum Gasteiger partial charge on any atom is 0.169 e. The number of aryl methyl sites for hydroxylation is 3. The Hall–Kier alpha value is -1.11. The van der Waals surface area contributed by atoms with Gasteiger partial charge in [-0.15, -0.1) is 0 Å². The van der Waals surface area contributed by atoms with Crippen LogP contribution in [0, 0.1) is 43.9 Å². The minimum atomic E-state index is 0.00120. The summed E-state index contributed by atoms with van der Waals surface area (Å²) in [5.74, 6) is 2.99.